The number of nitrogens with one attached hydrogen (secondary N) is 1. The van der Waals surface area contributed by atoms with Crippen molar-refractivity contribution in [2.75, 3.05) is 19.7 Å². The number of halogens is 1. The molecule has 1 aliphatic rings. The van der Waals surface area contributed by atoms with Crippen molar-refractivity contribution >= 4 is 11.6 Å². The Balaban J connectivity index is 1.88. The molecule has 3 heteroatoms. The number of rotatable bonds is 6. The van der Waals surface area contributed by atoms with Crippen molar-refractivity contribution in [1.29, 1.82) is 0 Å². The fourth-order valence-corrected chi connectivity index (χ4v) is 1.65. The van der Waals surface area contributed by atoms with E-state index < -0.39 is 0 Å². The molecule has 1 rings (SSSR count). The van der Waals surface area contributed by atoms with Crippen LogP contribution in [0.2, 0.25) is 0 Å². The molecule has 0 radical (unpaired) electrons. The van der Waals surface area contributed by atoms with Gasteiger partial charge in [0.25, 0.3) is 0 Å². The molecule has 0 bridgehead atoms. The lowest BCUT2D eigenvalue weighted by atomic mass is 10.2. The van der Waals surface area contributed by atoms with Gasteiger partial charge in [0, 0.05) is 18.5 Å². The lowest BCUT2D eigenvalue weighted by molar-refractivity contribution is 0.104. The van der Waals surface area contributed by atoms with Gasteiger partial charge in [-0.25, -0.2) is 0 Å². The fraction of sp³-hybridized carbons (Fsp3) is 1.00. The van der Waals surface area contributed by atoms with Crippen molar-refractivity contribution in [3.05, 3.63) is 0 Å². The summed E-state index contributed by atoms with van der Waals surface area (Å²) in [5.74, 6) is 0. The Hall–Kier alpha value is 0.210. The quantitative estimate of drug-likeness (QED) is 0.530. The molecule has 0 aromatic carbocycles. The van der Waals surface area contributed by atoms with Crippen molar-refractivity contribution in [2.24, 2.45) is 0 Å². The molecular formula is C10H20ClNO. The molecular weight excluding hydrogens is 186 g/mol. The highest BCUT2D eigenvalue weighted by Crippen LogP contribution is 2.14. The van der Waals surface area contributed by atoms with Crippen LogP contribution >= 0.6 is 11.6 Å². The molecule has 0 spiro atoms. The molecule has 1 fully saturated rings. The van der Waals surface area contributed by atoms with Gasteiger partial charge >= 0.3 is 0 Å². The van der Waals surface area contributed by atoms with E-state index >= 15 is 0 Å². The molecule has 78 valence electrons. The van der Waals surface area contributed by atoms with Crippen molar-refractivity contribution in [3.63, 3.8) is 0 Å². The van der Waals surface area contributed by atoms with Crippen LogP contribution in [-0.4, -0.2) is 31.2 Å². The number of alkyl halides is 1. The Bertz CT molecular complexity index is 126. The Kier molecular flexibility index (Phi) is 5.76. The topological polar surface area (TPSA) is 21.3 Å². The zero-order valence-corrected chi connectivity index (χ0v) is 9.15. The standard InChI is InChI=1S/C10H20ClNO/c1-2-9(11)8-12-6-5-10-4-3-7-13-10/h9-10,12H,2-8H2,1H3. The predicted octanol–water partition coefficient (Wildman–Crippen LogP) is 2.16. The Morgan fingerprint density at radius 3 is 3.08 bits per heavy atom. The average Bonchev–Trinajstić information content (AvgIpc) is 2.64. The number of hydrogen-bond donors (Lipinski definition) is 1. The van der Waals surface area contributed by atoms with Gasteiger partial charge in [-0.1, -0.05) is 6.92 Å². The maximum Gasteiger partial charge on any atom is 0.0588 e. The molecule has 2 nitrogen and oxygen atoms in total. The van der Waals surface area contributed by atoms with Crippen LogP contribution in [0.3, 0.4) is 0 Å². The number of hydrogen-bond acceptors (Lipinski definition) is 2. The highest BCUT2D eigenvalue weighted by molar-refractivity contribution is 6.20. The summed E-state index contributed by atoms with van der Waals surface area (Å²) in [6.07, 6.45) is 5.14. The van der Waals surface area contributed by atoms with Crippen molar-refractivity contribution < 1.29 is 4.74 Å². The Morgan fingerprint density at radius 1 is 1.62 bits per heavy atom. The predicted molar refractivity (Wildman–Crippen MR) is 56.4 cm³/mol. The van der Waals surface area contributed by atoms with E-state index in [2.05, 4.69) is 12.2 Å². The van der Waals surface area contributed by atoms with Gasteiger partial charge in [0.05, 0.1) is 6.10 Å². The van der Waals surface area contributed by atoms with Gasteiger partial charge < -0.3 is 10.1 Å². The van der Waals surface area contributed by atoms with Crippen molar-refractivity contribution in [3.8, 4) is 0 Å². The van der Waals surface area contributed by atoms with Gasteiger partial charge in [-0.15, -0.1) is 11.6 Å². The van der Waals surface area contributed by atoms with E-state index in [1.807, 2.05) is 0 Å². The van der Waals surface area contributed by atoms with Gasteiger partial charge in [0.2, 0.25) is 0 Å². The average molecular weight is 206 g/mol. The second kappa shape index (κ2) is 6.63. The van der Waals surface area contributed by atoms with E-state index in [1.165, 1.54) is 12.8 Å². The van der Waals surface area contributed by atoms with Crippen LogP contribution in [0.5, 0.6) is 0 Å². The molecule has 13 heavy (non-hydrogen) atoms. The first kappa shape index (κ1) is 11.3. The van der Waals surface area contributed by atoms with Crippen LogP contribution in [0, 0.1) is 0 Å². The first-order chi connectivity index (χ1) is 6.33. The maximum atomic E-state index is 5.97. The summed E-state index contributed by atoms with van der Waals surface area (Å²) in [4.78, 5) is 0. The second-order valence-electron chi connectivity index (χ2n) is 3.63. The van der Waals surface area contributed by atoms with E-state index in [-0.39, 0.29) is 5.38 Å². The molecule has 1 heterocycles. The lowest BCUT2D eigenvalue weighted by Crippen LogP contribution is -2.26. The first-order valence-corrected chi connectivity index (χ1v) is 5.73. The third kappa shape index (κ3) is 4.84. The van der Waals surface area contributed by atoms with E-state index in [0.717, 1.165) is 32.5 Å². The molecule has 0 aromatic rings. The highest BCUT2D eigenvalue weighted by atomic mass is 35.5. The van der Waals surface area contributed by atoms with Gasteiger partial charge in [-0.3, -0.25) is 0 Å². The van der Waals surface area contributed by atoms with Gasteiger partial charge in [-0.05, 0) is 32.2 Å². The maximum absolute atomic E-state index is 5.97. The van der Waals surface area contributed by atoms with E-state index in [4.69, 9.17) is 16.3 Å². The molecule has 0 saturated carbocycles. The number of ether oxygens (including phenoxy) is 1. The third-order valence-electron chi connectivity index (χ3n) is 2.48. The second-order valence-corrected chi connectivity index (χ2v) is 4.25. The molecule has 2 atom stereocenters. The molecule has 0 aromatic heterocycles. The minimum atomic E-state index is 0.282. The van der Waals surface area contributed by atoms with Gasteiger partial charge in [-0.2, -0.15) is 0 Å². The van der Waals surface area contributed by atoms with Crippen molar-refractivity contribution in [1.82, 2.24) is 5.32 Å². The fourth-order valence-electron chi connectivity index (χ4n) is 1.54. The minimum Gasteiger partial charge on any atom is -0.378 e. The van der Waals surface area contributed by atoms with Gasteiger partial charge in [0.1, 0.15) is 0 Å². The molecule has 2 unspecified atom stereocenters. The molecule has 1 saturated heterocycles. The summed E-state index contributed by atoms with van der Waals surface area (Å²) in [6, 6.07) is 0. The highest BCUT2D eigenvalue weighted by Gasteiger charge is 2.14. The summed E-state index contributed by atoms with van der Waals surface area (Å²) in [7, 11) is 0. The van der Waals surface area contributed by atoms with Crippen LogP contribution in [0.4, 0.5) is 0 Å². The summed E-state index contributed by atoms with van der Waals surface area (Å²) in [5, 5.41) is 3.63. The van der Waals surface area contributed by atoms with E-state index in [1.54, 1.807) is 0 Å². The molecule has 1 aliphatic heterocycles. The Morgan fingerprint density at radius 2 is 2.46 bits per heavy atom. The summed E-state index contributed by atoms with van der Waals surface area (Å²) < 4.78 is 5.51. The van der Waals surface area contributed by atoms with Crippen LogP contribution < -0.4 is 5.32 Å². The lowest BCUT2D eigenvalue weighted by Gasteiger charge is -2.11. The van der Waals surface area contributed by atoms with Gasteiger partial charge in [0.15, 0.2) is 0 Å². The Labute approximate surface area is 86.0 Å². The zero-order chi connectivity index (χ0) is 9.52. The van der Waals surface area contributed by atoms with Crippen LogP contribution in [-0.2, 0) is 4.74 Å². The van der Waals surface area contributed by atoms with Crippen molar-refractivity contribution in [2.45, 2.75) is 44.1 Å². The van der Waals surface area contributed by atoms with E-state index in [9.17, 15) is 0 Å². The monoisotopic (exact) mass is 205 g/mol. The van der Waals surface area contributed by atoms with Crippen LogP contribution in [0.15, 0.2) is 0 Å². The SMILES string of the molecule is CCC(Cl)CNCCC1CCCO1. The summed E-state index contributed by atoms with van der Waals surface area (Å²) >= 11 is 5.97. The molecule has 1 N–H and O–H groups in total. The zero-order valence-electron chi connectivity index (χ0n) is 8.39. The molecule has 0 amide bonds. The smallest absolute Gasteiger partial charge is 0.0588 e. The van der Waals surface area contributed by atoms with Crippen LogP contribution in [0.1, 0.15) is 32.6 Å². The minimum absolute atomic E-state index is 0.282. The normalized spacial score (nSPS) is 24.9. The molecule has 0 aliphatic carbocycles. The third-order valence-corrected chi connectivity index (χ3v) is 2.94. The summed E-state index contributed by atoms with van der Waals surface area (Å²) in [6.45, 7) is 5.02. The van der Waals surface area contributed by atoms with Crippen LogP contribution in [0.25, 0.3) is 0 Å². The first-order valence-electron chi connectivity index (χ1n) is 5.29. The largest absolute Gasteiger partial charge is 0.378 e. The summed E-state index contributed by atoms with van der Waals surface area (Å²) in [5.41, 5.74) is 0. The van der Waals surface area contributed by atoms with E-state index in [0.29, 0.717) is 6.10 Å².